The lowest BCUT2D eigenvalue weighted by Gasteiger charge is -1.98. The zero-order chi connectivity index (χ0) is 7.40. The first kappa shape index (κ1) is 6.81. The van der Waals surface area contributed by atoms with Crippen molar-refractivity contribution in [3.05, 3.63) is 30.3 Å². The second-order valence-corrected chi connectivity index (χ2v) is 2.05. The first-order valence-electron chi connectivity index (χ1n) is 3.11. The Bertz CT molecular complexity index is 218. The highest BCUT2D eigenvalue weighted by molar-refractivity contribution is 5.88. The Morgan fingerprint density at radius 3 is 2.40 bits per heavy atom. The number of rotatable bonds is 1. The lowest BCUT2D eigenvalue weighted by molar-refractivity contribution is -0.114. The molecule has 0 aromatic heterocycles. The van der Waals surface area contributed by atoms with Gasteiger partial charge < -0.3 is 5.32 Å². The molecule has 0 aliphatic heterocycles. The number of amides is 1. The van der Waals surface area contributed by atoms with Crippen LogP contribution in [0.5, 0.6) is 0 Å². The molecule has 1 N–H and O–H groups in total. The van der Waals surface area contributed by atoms with Gasteiger partial charge in [0.15, 0.2) is 0 Å². The molecule has 1 aromatic carbocycles. The number of hydrogen-bond acceptors (Lipinski definition) is 1. The van der Waals surface area contributed by atoms with Gasteiger partial charge in [-0.15, -0.1) is 0 Å². The van der Waals surface area contributed by atoms with Gasteiger partial charge in [0, 0.05) is 12.6 Å². The van der Waals surface area contributed by atoms with Crippen LogP contribution in [0.4, 0.5) is 5.69 Å². The summed E-state index contributed by atoms with van der Waals surface area (Å²) in [6, 6.07) is 9.37. The van der Waals surface area contributed by atoms with E-state index in [1.54, 1.807) is 0 Å². The zero-order valence-corrected chi connectivity index (χ0v) is 5.79. The molecular formula is C8H9NO. The summed E-state index contributed by atoms with van der Waals surface area (Å²) in [5, 5.41) is 2.67. The van der Waals surface area contributed by atoms with Crippen molar-refractivity contribution in [1.82, 2.24) is 0 Å². The number of hydrogen-bond donors (Lipinski definition) is 1. The van der Waals surface area contributed by atoms with E-state index >= 15 is 0 Å². The summed E-state index contributed by atoms with van der Waals surface area (Å²) in [4.78, 5) is 10.5. The summed E-state index contributed by atoms with van der Waals surface area (Å²) in [5.74, 6) is -0.0359. The maximum Gasteiger partial charge on any atom is 0.221 e. The van der Waals surface area contributed by atoms with Gasteiger partial charge in [0.2, 0.25) is 5.91 Å². The third-order valence-corrected chi connectivity index (χ3v) is 1.09. The molecule has 0 bridgehead atoms. The van der Waals surface area contributed by atoms with Crippen LogP contribution in [0.25, 0.3) is 0 Å². The molecule has 10 heavy (non-hydrogen) atoms. The van der Waals surface area contributed by atoms with Crippen molar-refractivity contribution in [3.8, 4) is 0 Å². The van der Waals surface area contributed by atoms with Crippen LogP contribution in [-0.2, 0) is 4.79 Å². The molecule has 1 aromatic rings. The smallest absolute Gasteiger partial charge is 0.221 e. The predicted molar refractivity (Wildman–Crippen MR) is 40.7 cm³/mol. The quantitative estimate of drug-likeness (QED) is 0.592. The van der Waals surface area contributed by atoms with E-state index in [1.165, 1.54) is 6.92 Å². The minimum Gasteiger partial charge on any atom is -0.326 e. The fourth-order valence-corrected chi connectivity index (χ4v) is 0.725. The monoisotopic (exact) mass is 141 g/mol. The Hall–Kier alpha value is -1.31. The van der Waals surface area contributed by atoms with Crippen LogP contribution in [0.1, 0.15) is 6.92 Å². The average Bonchev–Trinajstić information content (AvgIpc) is 1.88. The van der Waals surface area contributed by atoms with Gasteiger partial charge >= 0.3 is 0 Å². The summed E-state index contributed by atoms with van der Waals surface area (Å²) in [7, 11) is 0. The highest BCUT2D eigenvalue weighted by atomic mass is 16.2. The number of anilines is 1. The van der Waals surface area contributed by atoms with Crippen molar-refractivity contribution in [2.24, 2.45) is 0 Å². The van der Waals surface area contributed by atoms with E-state index in [-0.39, 0.29) is 5.91 Å². The van der Waals surface area contributed by atoms with Gasteiger partial charge in [-0.1, -0.05) is 18.2 Å². The van der Waals surface area contributed by atoms with Crippen LogP contribution in [0, 0.1) is 0 Å². The molecule has 0 saturated carbocycles. The molecule has 0 aliphatic rings. The summed E-state index contributed by atoms with van der Waals surface area (Å²) in [5.41, 5.74) is 0.843. The lowest BCUT2D eigenvalue weighted by atomic mass is 10.8. The van der Waals surface area contributed by atoms with Crippen molar-refractivity contribution in [3.63, 3.8) is 0 Å². The van der Waals surface area contributed by atoms with E-state index in [1.807, 2.05) is 30.3 Å². The van der Waals surface area contributed by atoms with Gasteiger partial charge in [-0.05, 0) is 12.1 Å². The van der Waals surface area contributed by atoms with E-state index < -0.39 is 0 Å². The molecule has 52 valence electrons. The largest absolute Gasteiger partial charge is 0.326 e. The van der Waals surface area contributed by atoms with Crippen molar-refractivity contribution < 1.29 is 4.79 Å². The van der Waals surface area contributed by atoms with Crippen LogP contribution < -0.4 is 5.32 Å². The molecule has 0 saturated heterocycles. The number of nitrogens with one attached hydrogen (secondary N) is 1. The van der Waals surface area contributed by atoms with Crippen molar-refractivity contribution in [2.75, 3.05) is 5.32 Å². The minimum absolute atomic E-state index is 0.0359. The van der Waals surface area contributed by atoms with Crippen molar-refractivity contribution in [1.29, 1.82) is 0 Å². The second kappa shape index (κ2) is 3.01. The molecule has 0 radical (unpaired) electrons. The molecule has 2 heteroatoms. The van der Waals surface area contributed by atoms with Gasteiger partial charge in [-0.3, -0.25) is 4.79 Å². The molecule has 0 unspecified atom stereocenters. The molecule has 1 rings (SSSR count). The van der Waals surface area contributed by atoms with E-state index in [9.17, 15) is 4.79 Å². The standard InChI is InChI=1S/C8H9NO/c1-7(10)9-8-5-3-2-4-6-8/h2-6H,1H3,(H,9,10)/i1+1,2+1,3+1,5+1,7+1,8+1. The zero-order valence-electron chi connectivity index (χ0n) is 5.79. The highest BCUT2D eigenvalue weighted by Gasteiger charge is 1.90. The molecule has 1 amide bonds. The third-order valence-electron chi connectivity index (χ3n) is 1.09. The maximum atomic E-state index is 10.5. The number of carbonyl (C=O) groups is 1. The van der Waals surface area contributed by atoms with Crippen LogP contribution >= 0.6 is 0 Å². The van der Waals surface area contributed by atoms with E-state index in [0.717, 1.165) is 5.69 Å². The maximum absolute atomic E-state index is 10.5. The summed E-state index contributed by atoms with van der Waals surface area (Å²) in [6.45, 7) is 1.49. The van der Waals surface area contributed by atoms with Crippen LogP contribution in [-0.4, -0.2) is 5.91 Å². The Morgan fingerprint density at radius 2 is 1.90 bits per heavy atom. The fraction of sp³-hybridized carbons (Fsp3) is 0.125. The van der Waals surface area contributed by atoms with Crippen LogP contribution in [0.3, 0.4) is 0 Å². The molecule has 0 fully saturated rings. The molecule has 0 atom stereocenters. The molecule has 0 aliphatic carbocycles. The Kier molecular flexibility index (Phi) is 2.05. The normalized spacial score (nSPS) is 8.90. The first-order valence-corrected chi connectivity index (χ1v) is 3.11. The van der Waals surface area contributed by atoms with Gasteiger partial charge in [0.1, 0.15) is 0 Å². The van der Waals surface area contributed by atoms with Crippen LogP contribution in [0.2, 0.25) is 0 Å². The number of benzene rings is 1. The SMILES string of the molecule is [13CH3][13C](=O)N[13c]1cc[13cH][13cH][13cH]1. The van der Waals surface area contributed by atoms with Crippen molar-refractivity contribution in [2.45, 2.75) is 6.92 Å². The minimum atomic E-state index is -0.0359. The van der Waals surface area contributed by atoms with E-state index in [0.29, 0.717) is 0 Å². The summed E-state index contributed by atoms with van der Waals surface area (Å²) in [6.07, 6.45) is 0. The average molecular weight is 141 g/mol. The van der Waals surface area contributed by atoms with Crippen LogP contribution in [0.15, 0.2) is 30.3 Å². The summed E-state index contributed by atoms with van der Waals surface area (Å²) >= 11 is 0. The van der Waals surface area contributed by atoms with Gasteiger partial charge in [0.25, 0.3) is 0 Å². The highest BCUT2D eigenvalue weighted by Crippen LogP contribution is 2.03. The van der Waals surface area contributed by atoms with Gasteiger partial charge in [0.05, 0.1) is 0 Å². The third kappa shape index (κ3) is 1.90. The van der Waals surface area contributed by atoms with Crippen molar-refractivity contribution >= 4 is 11.6 Å². The van der Waals surface area contributed by atoms with Gasteiger partial charge in [-0.25, -0.2) is 0 Å². The molecule has 0 heterocycles. The van der Waals surface area contributed by atoms with E-state index in [2.05, 4.69) is 5.32 Å². The topological polar surface area (TPSA) is 29.1 Å². The molecule has 0 spiro atoms. The Balaban J connectivity index is 2.67. The number of carbonyl (C=O) groups excluding carboxylic acids is 1. The number of para-hydroxylation sites is 1. The molecule has 2 nitrogen and oxygen atoms in total. The first-order chi connectivity index (χ1) is 4.79. The fourth-order valence-electron chi connectivity index (χ4n) is 0.725. The Labute approximate surface area is 59.9 Å². The second-order valence-electron chi connectivity index (χ2n) is 2.05. The van der Waals surface area contributed by atoms with Gasteiger partial charge in [-0.2, -0.15) is 0 Å². The molecular weight excluding hydrogens is 132 g/mol. The Morgan fingerprint density at radius 1 is 1.30 bits per heavy atom. The van der Waals surface area contributed by atoms with E-state index in [4.69, 9.17) is 0 Å². The summed E-state index contributed by atoms with van der Waals surface area (Å²) < 4.78 is 0. The predicted octanol–water partition coefficient (Wildman–Crippen LogP) is 1.64. The lowest BCUT2D eigenvalue weighted by Crippen LogP contribution is -2.04.